The minimum Gasteiger partial charge on any atom is -0.457 e. The first-order valence-electron chi connectivity index (χ1n) is 10.9. The van der Waals surface area contributed by atoms with E-state index in [1.165, 1.54) is 0 Å². The molecule has 0 N–H and O–H groups in total. The van der Waals surface area contributed by atoms with E-state index in [-0.39, 0.29) is 36.1 Å². The van der Waals surface area contributed by atoms with E-state index in [1.54, 1.807) is 13.8 Å². The second-order valence-electron chi connectivity index (χ2n) is 9.16. The van der Waals surface area contributed by atoms with Crippen molar-refractivity contribution in [2.75, 3.05) is 0 Å². The van der Waals surface area contributed by atoms with Crippen molar-refractivity contribution in [3.8, 4) is 0 Å². The molecule has 0 bridgehead atoms. The molecule has 8 nitrogen and oxygen atoms in total. The van der Waals surface area contributed by atoms with E-state index in [9.17, 15) is 14.4 Å². The van der Waals surface area contributed by atoms with Crippen LogP contribution in [0.3, 0.4) is 0 Å². The van der Waals surface area contributed by atoms with Gasteiger partial charge in [-0.15, -0.1) is 0 Å². The van der Waals surface area contributed by atoms with Crippen LogP contribution in [0.15, 0.2) is 27.3 Å². The van der Waals surface area contributed by atoms with Gasteiger partial charge in [0.1, 0.15) is 11.5 Å². The summed E-state index contributed by atoms with van der Waals surface area (Å²) in [7, 11) is 0. The van der Waals surface area contributed by atoms with E-state index in [0.29, 0.717) is 42.5 Å². The van der Waals surface area contributed by atoms with E-state index in [2.05, 4.69) is 27.7 Å². The first-order valence-corrected chi connectivity index (χ1v) is 10.9. The highest BCUT2D eigenvalue weighted by molar-refractivity contribution is 5.71. The summed E-state index contributed by atoms with van der Waals surface area (Å²) in [5.74, 6) is 0.765. The summed E-state index contributed by atoms with van der Waals surface area (Å²) in [5, 5.41) is 0. The quantitative estimate of drug-likeness (QED) is 0.445. The summed E-state index contributed by atoms with van der Waals surface area (Å²) in [5.41, 5.74) is 0. The van der Waals surface area contributed by atoms with Gasteiger partial charge in [-0.25, -0.2) is 9.59 Å². The van der Waals surface area contributed by atoms with Crippen molar-refractivity contribution in [1.82, 2.24) is 0 Å². The van der Waals surface area contributed by atoms with Crippen molar-refractivity contribution in [3.63, 3.8) is 0 Å². The largest absolute Gasteiger partial charge is 0.519 e. The van der Waals surface area contributed by atoms with E-state index in [4.69, 9.17) is 22.4 Å². The third-order valence-electron chi connectivity index (χ3n) is 5.08. The number of carbonyl (C=O) groups excluding carboxylic acids is 1. The molecule has 0 aromatic carbocycles. The van der Waals surface area contributed by atoms with Gasteiger partial charge in [0, 0.05) is 19.3 Å². The van der Waals surface area contributed by atoms with Gasteiger partial charge in [0.2, 0.25) is 0 Å². The van der Waals surface area contributed by atoms with Gasteiger partial charge in [-0.1, -0.05) is 54.4 Å². The van der Waals surface area contributed by atoms with Gasteiger partial charge >= 0.3 is 17.6 Å². The smallest absolute Gasteiger partial charge is 0.457 e. The van der Waals surface area contributed by atoms with Crippen molar-refractivity contribution in [2.24, 2.45) is 23.7 Å². The molecule has 174 valence electrons. The summed E-state index contributed by atoms with van der Waals surface area (Å²) in [6.45, 7) is 11.7. The van der Waals surface area contributed by atoms with Crippen molar-refractivity contribution in [1.29, 1.82) is 0 Å². The minimum absolute atomic E-state index is 0.112. The van der Waals surface area contributed by atoms with Crippen LogP contribution >= 0.6 is 0 Å². The topological polar surface area (TPSA) is 113 Å². The van der Waals surface area contributed by atoms with Gasteiger partial charge in [-0.2, -0.15) is 0 Å². The number of rotatable bonds is 12. The molecule has 0 saturated heterocycles. The van der Waals surface area contributed by atoms with Crippen molar-refractivity contribution in [2.45, 2.75) is 80.3 Å². The van der Waals surface area contributed by atoms with Gasteiger partial charge in [0.15, 0.2) is 18.1 Å². The first-order chi connectivity index (χ1) is 14.5. The lowest BCUT2D eigenvalue weighted by Gasteiger charge is -2.14. The molecule has 2 unspecified atom stereocenters. The number of hydrogen-bond donors (Lipinski definition) is 0. The van der Waals surface area contributed by atoms with E-state index < -0.39 is 11.6 Å². The fourth-order valence-electron chi connectivity index (χ4n) is 3.33. The lowest BCUT2D eigenvalue weighted by Crippen LogP contribution is -2.12. The molecule has 2 rings (SSSR count). The maximum Gasteiger partial charge on any atom is 0.519 e. The molecule has 0 radical (unpaired) electrons. The minimum atomic E-state index is -0.793. The molecule has 2 atom stereocenters. The zero-order chi connectivity index (χ0) is 23.1. The molecule has 0 aliphatic rings. The number of ether oxygens (including phenoxy) is 1. The Kier molecular flexibility index (Phi) is 8.95. The highest BCUT2D eigenvalue weighted by Crippen LogP contribution is 2.23. The molecule has 0 aliphatic carbocycles. The summed E-state index contributed by atoms with van der Waals surface area (Å²) in [6, 6.07) is 0. The Balaban J connectivity index is 1.88. The van der Waals surface area contributed by atoms with E-state index in [0.717, 1.165) is 12.8 Å². The second kappa shape index (κ2) is 11.2. The molecule has 2 heterocycles. The summed E-state index contributed by atoms with van der Waals surface area (Å²) in [6.07, 6.45) is 3.60. The van der Waals surface area contributed by atoms with Gasteiger partial charge in [-0.3, -0.25) is 4.79 Å². The predicted molar refractivity (Wildman–Crippen MR) is 113 cm³/mol. The van der Waals surface area contributed by atoms with Crippen molar-refractivity contribution in [3.05, 3.63) is 44.3 Å². The third-order valence-corrected chi connectivity index (χ3v) is 5.08. The Morgan fingerprint density at radius 3 is 1.58 bits per heavy atom. The first kappa shape index (κ1) is 24.8. The van der Waals surface area contributed by atoms with Crippen LogP contribution in [0, 0.1) is 23.7 Å². The molecular weight excluding hydrogens is 404 g/mol. The summed E-state index contributed by atoms with van der Waals surface area (Å²) in [4.78, 5) is 34.7. The van der Waals surface area contributed by atoms with Gasteiger partial charge in [-0.05, 0) is 17.8 Å². The lowest BCUT2D eigenvalue weighted by atomic mass is 9.92. The Hall–Kier alpha value is -2.51. The van der Waals surface area contributed by atoms with Crippen molar-refractivity contribution >= 4 is 5.97 Å². The van der Waals surface area contributed by atoms with Gasteiger partial charge < -0.3 is 22.4 Å². The molecule has 0 aliphatic heterocycles. The van der Waals surface area contributed by atoms with Gasteiger partial charge in [0.25, 0.3) is 0 Å². The average Bonchev–Trinajstić information content (AvgIpc) is 3.18. The maximum absolute atomic E-state index is 11.7. The Morgan fingerprint density at radius 2 is 1.13 bits per heavy atom. The fraction of sp³-hybridized carbons (Fsp3) is 0.696. The number of esters is 1. The molecule has 0 saturated carbocycles. The fourth-order valence-corrected chi connectivity index (χ4v) is 3.33. The Bertz CT molecular complexity index is 939. The number of carbonyl (C=O) groups is 1. The number of hydrogen-bond acceptors (Lipinski definition) is 8. The van der Waals surface area contributed by atoms with Crippen LogP contribution in [-0.4, -0.2) is 5.97 Å². The molecule has 8 heteroatoms. The Labute approximate surface area is 181 Å². The van der Waals surface area contributed by atoms with Crippen molar-refractivity contribution < 1.29 is 27.2 Å². The van der Waals surface area contributed by atoms with Crippen LogP contribution in [-0.2, 0) is 35.4 Å². The van der Waals surface area contributed by atoms with Crippen LogP contribution in [0.25, 0.3) is 0 Å². The zero-order valence-corrected chi connectivity index (χ0v) is 19.3. The van der Waals surface area contributed by atoms with E-state index >= 15 is 0 Å². The highest BCUT2D eigenvalue weighted by Gasteiger charge is 2.21. The van der Waals surface area contributed by atoms with Crippen LogP contribution in [0.4, 0.5) is 0 Å². The molecular formula is C23H34O8. The lowest BCUT2D eigenvalue weighted by molar-refractivity contribution is -0.149. The highest BCUT2D eigenvalue weighted by atomic mass is 16.6. The molecule has 31 heavy (non-hydrogen) atoms. The average molecular weight is 439 g/mol. The summed E-state index contributed by atoms with van der Waals surface area (Å²) < 4.78 is 25.8. The molecule has 0 amide bonds. The monoisotopic (exact) mass is 438 g/mol. The normalized spacial score (nSPS) is 13.7. The third kappa shape index (κ3) is 7.92. The predicted octanol–water partition coefficient (Wildman–Crippen LogP) is 4.51. The van der Waals surface area contributed by atoms with Crippen LogP contribution in [0.1, 0.15) is 77.4 Å². The SMILES string of the molecule is CC(C)Cc1oc(=O)oc1CC(C)CCC(C)Cc1oc(=O)oc1COC(=O)C(C)C. The Morgan fingerprint density at radius 1 is 0.710 bits per heavy atom. The van der Waals surface area contributed by atoms with Crippen LogP contribution < -0.4 is 11.6 Å². The van der Waals surface area contributed by atoms with E-state index in [1.807, 2.05) is 0 Å². The van der Waals surface area contributed by atoms with Crippen LogP contribution in [0.5, 0.6) is 0 Å². The molecule has 0 fully saturated rings. The maximum atomic E-state index is 11.7. The molecule has 2 aromatic rings. The van der Waals surface area contributed by atoms with Crippen LogP contribution in [0.2, 0.25) is 0 Å². The zero-order valence-electron chi connectivity index (χ0n) is 19.3. The molecule has 0 spiro atoms. The molecule has 2 aromatic heterocycles. The van der Waals surface area contributed by atoms with Gasteiger partial charge in [0.05, 0.1) is 5.92 Å². The standard InChI is InChI=1S/C23H34O8/c1-13(2)9-17-18(29-22(25)28-17)10-15(5)7-8-16(6)11-19-20(31-23(26)30-19)12-27-21(24)14(3)4/h13-16H,7-12H2,1-6H3. The second-order valence-corrected chi connectivity index (χ2v) is 9.16. The summed E-state index contributed by atoms with van der Waals surface area (Å²) >= 11 is 0.